The summed E-state index contributed by atoms with van der Waals surface area (Å²) in [5, 5.41) is 19.3. The van der Waals surface area contributed by atoms with E-state index < -0.39 is 11.5 Å². The number of nitrogens with one attached hydrogen (secondary N) is 1. The van der Waals surface area contributed by atoms with Gasteiger partial charge in [0.25, 0.3) is 0 Å². The van der Waals surface area contributed by atoms with E-state index in [-0.39, 0.29) is 11.4 Å². The number of hydrogen-bond acceptors (Lipinski definition) is 4. The quantitative estimate of drug-likeness (QED) is 0.655. The van der Waals surface area contributed by atoms with E-state index in [4.69, 9.17) is 11.1 Å². The van der Waals surface area contributed by atoms with E-state index in [9.17, 15) is 9.90 Å². The molecule has 0 aromatic heterocycles. The number of hydrogen-bond donors (Lipinski definition) is 3. The molecule has 88 valence electrons. The molecule has 0 saturated carbocycles. The molecule has 4 nitrogen and oxygen atoms in total. The monoisotopic (exact) mass is 238 g/mol. The maximum Gasteiger partial charge on any atom is 0.247 e. The molecule has 1 aliphatic rings. The van der Waals surface area contributed by atoms with Gasteiger partial charge in [0.15, 0.2) is 5.76 Å². The van der Waals surface area contributed by atoms with Gasteiger partial charge in [-0.3, -0.25) is 10.2 Å². The van der Waals surface area contributed by atoms with Gasteiger partial charge in [0, 0.05) is 11.1 Å². The minimum atomic E-state index is -0.727. The van der Waals surface area contributed by atoms with E-state index in [1.54, 1.807) is 12.1 Å². The Morgan fingerprint density at radius 1 is 1.06 bits per heavy atom. The van der Waals surface area contributed by atoms with Crippen LogP contribution in [0.25, 0.3) is 16.5 Å². The molecule has 0 amide bonds. The number of Topliss-reactive ketones (excluding diaryl/α,β-unsaturated/α-hetero) is 1. The Balaban J connectivity index is 2.42. The molecule has 0 atom stereocenters. The van der Waals surface area contributed by atoms with E-state index in [2.05, 4.69) is 0 Å². The number of fused-ring (bicyclic) bond motifs is 2. The van der Waals surface area contributed by atoms with Crippen LogP contribution in [0.15, 0.2) is 42.2 Å². The summed E-state index contributed by atoms with van der Waals surface area (Å²) in [5.74, 6) is -1.27. The maximum absolute atomic E-state index is 11.6. The molecule has 0 fully saturated rings. The molecule has 0 spiro atoms. The Kier molecular flexibility index (Phi) is 2.01. The summed E-state index contributed by atoms with van der Waals surface area (Å²) < 4.78 is 0. The first-order valence-electron chi connectivity index (χ1n) is 5.45. The first kappa shape index (κ1) is 10.5. The van der Waals surface area contributed by atoms with Gasteiger partial charge < -0.3 is 10.8 Å². The molecule has 0 heterocycles. The fourth-order valence-corrected chi connectivity index (χ4v) is 2.16. The topological polar surface area (TPSA) is 87.2 Å². The second-order valence-electron chi connectivity index (χ2n) is 4.21. The Bertz CT molecular complexity index is 745. The second-order valence-corrected chi connectivity index (χ2v) is 4.21. The predicted octanol–water partition coefficient (Wildman–Crippen LogP) is 1.98. The third-order valence-corrected chi connectivity index (χ3v) is 3.14. The molecule has 4 N–H and O–H groups in total. The van der Waals surface area contributed by atoms with Crippen LogP contribution in [0, 0.1) is 5.41 Å². The fourth-order valence-electron chi connectivity index (χ4n) is 2.16. The number of aliphatic hydroxyl groups excluding tert-OH is 1. The fraction of sp³-hybridized carbons (Fsp3) is 0. The molecular formula is C14H10N2O2. The summed E-state index contributed by atoms with van der Waals surface area (Å²) >= 11 is 0. The van der Waals surface area contributed by atoms with Gasteiger partial charge in [-0.05, 0) is 22.9 Å². The molecule has 0 radical (unpaired) electrons. The van der Waals surface area contributed by atoms with Gasteiger partial charge in [0.1, 0.15) is 5.71 Å². The van der Waals surface area contributed by atoms with E-state index >= 15 is 0 Å². The highest BCUT2D eigenvalue weighted by Gasteiger charge is 2.28. The molecule has 2 aromatic rings. The van der Waals surface area contributed by atoms with E-state index in [0.29, 0.717) is 11.1 Å². The highest BCUT2D eigenvalue weighted by atomic mass is 16.3. The van der Waals surface area contributed by atoms with Crippen LogP contribution in [-0.4, -0.2) is 16.6 Å². The zero-order valence-electron chi connectivity index (χ0n) is 9.40. The van der Waals surface area contributed by atoms with Crippen LogP contribution in [0.4, 0.5) is 0 Å². The van der Waals surface area contributed by atoms with Crippen molar-refractivity contribution >= 4 is 28.0 Å². The third-order valence-electron chi connectivity index (χ3n) is 3.14. The van der Waals surface area contributed by atoms with Crippen molar-refractivity contribution in [3.63, 3.8) is 0 Å². The van der Waals surface area contributed by atoms with Crippen molar-refractivity contribution in [3.8, 4) is 0 Å². The molecule has 0 saturated heterocycles. The minimum absolute atomic E-state index is 0.0387. The van der Waals surface area contributed by atoms with Crippen LogP contribution >= 0.6 is 0 Å². The van der Waals surface area contributed by atoms with E-state index in [1.807, 2.05) is 24.3 Å². The van der Waals surface area contributed by atoms with Gasteiger partial charge >= 0.3 is 0 Å². The predicted molar refractivity (Wildman–Crippen MR) is 69.5 cm³/mol. The lowest BCUT2D eigenvalue weighted by molar-refractivity contribution is -0.112. The normalized spacial score (nSPS) is 15.1. The van der Waals surface area contributed by atoms with Crippen molar-refractivity contribution in [2.45, 2.75) is 0 Å². The Labute approximate surface area is 103 Å². The van der Waals surface area contributed by atoms with Crippen molar-refractivity contribution in [3.05, 3.63) is 53.3 Å². The second kappa shape index (κ2) is 3.43. The largest absolute Gasteiger partial charge is 0.503 e. The summed E-state index contributed by atoms with van der Waals surface area (Å²) in [6.45, 7) is 0. The molecule has 0 unspecified atom stereocenters. The molecule has 2 aromatic carbocycles. The molecule has 18 heavy (non-hydrogen) atoms. The lowest BCUT2D eigenvalue weighted by Gasteiger charge is -2.18. The van der Waals surface area contributed by atoms with Crippen LogP contribution in [-0.2, 0) is 4.79 Å². The van der Waals surface area contributed by atoms with Crippen molar-refractivity contribution < 1.29 is 9.90 Å². The molecular weight excluding hydrogens is 228 g/mol. The molecule has 4 heteroatoms. The molecule has 0 aliphatic heterocycles. The van der Waals surface area contributed by atoms with Crippen LogP contribution in [0.1, 0.15) is 11.1 Å². The average molecular weight is 238 g/mol. The van der Waals surface area contributed by atoms with Crippen LogP contribution < -0.4 is 5.73 Å². The van der Waals surface area contributed by atoms with Crippen molar-refractivity contribution in [2.24, 2.45) is 5.73 Å². The zero-order chi connectivity index (χ0) is 12.9. The Morgan fingerprint density at radius 2 is 1.61 bits per heavy atom. The van der Waals surface area contributed by atoms with Crippen LogP contribution in [0.2, 0.25) is 0 Å². The number of aliphatic hydroxyl groups is 1. The summed E-state index contributed by atoms with van der Waals surface area (Å²) in [6.07, 6.45) is 0. The number of nitrogens with two attached hydrogens (primary N) is 1. The lowest BCUT2D eigenvalue weighted by atomic mass is 9.89. The third kappa shape index (κ3) is 1.26. The highest BCUT2D eigenvalue weighted by molar-refractivity contribution is 6.53. The van der Waals surface area contributed by atoms with E-state index in [1.165, 1.54) is 0 Å². The number of carbonyl (C=O) groups is 1. The highest BCUT2D eigenvalue weighted by Crippen LogP contribution is 2.29. The van der Waals surface area contributed by atoms with Gasteiger partial charge in [-0.1, -0.05) is 24.3 Å². The standard InChI is InChI=1S/C14H10N2O2/c15-11-9-5-7-3-1-2-4-8(7)6-10(9)12(16)14(18)13(11)17/h1-6,15,18H,16H2. The molecule has 1 aliphatic carbocycles. The first-order valence-corrected chi connectivity index (χ1v) is 5.45. The molecule has 0 bridgehead atoms. The first-order chi connectivity index (χ1) is 8.59. The Hall–Kier alpha value is -2.62. The van der Waals surface area contributed by atoms with Crippen LogP contribution in [0.3, 0.4) is 0 Å². The van der Waals surface area contributed by atoms with E-state index in [0.717, 1.165) is 10.8 Å². The van der Waals surface area contributed by atoms with Crippen LogP contribution in [0.5, 0.6) is 0 Å². The molecule has 3 rings (SSSR count). The van der Waals surface area contributed by atoms with Gasteiger partial charge in [0.05, 0.1) is 5.70 Å². The maximum atomic E-state index is 11.6. The smallest absolute Gasteiger partial charge is 0.247 e. The summed E-state index contributed by atoms with van der Waals surface area (Å²) in [6, 6.07) is 11.1. The lowest BCUT2D eigenvalue weighted by Crippen LogP contribution is -2.26. The van der Waals surface area contributed by atoms with Crippen molar-refractivity contribution in [1.82, 2.24) is 0 Å². The van der Waals surface area contributed by atoms with Gasteiger partial charge in [-0.25, -0.2) is 0 Å². The van der Waals surface area contributed by atoms with Crippen molar-refractivity contribution in [2.75, 3.05) is 0 Å². The number of carbonyl (C=O) groups excluding carboxylic acids is 1. The summed E-state index contributed by atoms with van der Waals surface area (Å²) in [5.41, 5.74) is 6.57. The number of benzene rings is 2. The van der Waals surface area contributed by atoms with Crippen molar-refractivity contribution in [1.29, 1.82) is 5.41 Å². The van der Waals surface area contributed by atoms with Gasteiger partial charge in [-0.2, -0.15) is 0 Å². The number of rotatable bonds is 0. The SMILES string of the molecule is N=C1C(=O)C(O)=C(N)c2cc3ccccc3cc21. The van der Waals surface area contributed by atoms with Gasteiger partial charge in [0.2, 0.25) is 5.78 Å². The van der Waals surface area contributed by atoms with Gasteiger partial charge in [-0.15, -0.1) is 0 Å². The average Bonchev–Trinajstić information content (AvgIpc) is 2.41. The zero-order valence-corrected chi connectivity index (χ0v) is 9.40. The number of ketones is 1. The number of allylic oxidation sites excluding steroid dienone is 1. The summed E-state index contributed by atoms with van der Waals surface area (Å²) in [4.78, 5) is 11.6. The summed E-state index contributed by atoms with van der Waals surface area (Å²) in [7, 11) is 0. The minimum Gasteiger partial charge on any atom is -0.503 e. The Morgan fingerprint density at radius 3 is 2.22 bits per heavy atom.